The van der Waals surface area contributed by atoms with Crippen molar-refractivity contribution in [3.63, 3.8) is 0 Å². The van der Waals surface area contributed by atoms with E-state index in [1.807, 2.05) is 0 Å². The van der Waals surface area contributed by atoms with E-state index >= 15 is 0 Å². The van der Waals surface area contributed by atoms with Gasteiger partial charge in [-0.2, -0.15) is 0 Å². The number of hydrogen-bond donors (Lipinski definition) is 4. The van der Waals surface area contributed by atoms with Crippen LogP contribution < -0.4 is 0 Å². The molecule has 0 saturated heterocycles. The van der Waals surface area contributed by atoms with Gasteiger partial charge in [-0.05, 0) is 6.08 Å². The van der Waals surface area contributed by atoms with E-state index in [1.165, 1.54) is 13.0 Å². The molecule has 0 amide bonds. The van der Waals surface area contributed by atoms with Crippen molar-refractivity contribution in [1.82, 2.24) is 0 Å². The topological polar surface area (TPSA) is 80.9 Å². The van der Waals surface area contributed by atoms with E-state index in [1.54, 1.807) is 0 Å². The van der Waals surface area contributed by atoms with Crippen molar-refractivity contribution >= 4 is 0 Å². The molecule has 0 rings (SSSR count). The highest BCUT2D eigenvalue weighted by atomic mass is 16.6. The first-order valence-electron chi connectivity index (χ1n) is 3.45. The van der Waals surface area contributed by atoms with Crippen molar-refractivity contribution in [2.45, 2.75) is 18.5 Å². The molecule has 0 heterocycles. The Labute approximate surface area is 71.1 Å². The highest BCUT2D eigenvalue weighted by Crippen LogP contribution is 2.26. The zero-order valence-electron chi connectivity index (χ0n) is 6.94. The first-order chi connectivity index (χ1) is 5.29. The fourth-order valence-corrected chi connectivity index (χ4v) is 0.650. The van der Waals surface area contributed by atoms with E-state index in [2.05, 4.69) is 13.2 Å². The van der Waals surface area contributed by atoms with E-state index < -0.39 is 17.5 Å². The minimum Gasteiger partial charge on any atom is -0.361 e. The Morgan fingerprint density at radius 3 is 1.83 bits per heavy atom. The van der Waals surface area contributed by atoms with Gasteiger partial charge in [0.2, 0.25) is 11.6 Å². The Morgan fingerprint density at radius 2 is 1.58 bits per heavy atom. The summed E-state index contributed by atoms with van der Waals surface area (Å²) in [6.45, 7) is 7.75. The van der Waals surface area contributed by atoms with Crippen LogP contribution in [0.5, 0.6) is 0 Å². The van der Waals surface area contributed by atoms with E-state index in [4.69, 9.17) is 10.2 Å². The lowest BCUT2D eigenvalue weighted by atomic mass is 9.92. The zero-order valence-corrected chi connectivity index (χ0v) is 6.94. The maximum absolute atomic E-state index is 9.22. The second-order valence-corrected chi connectivity index (χ2v) is 2.68. The van der Waals surface area contributed by atoms with Gasteiger partial charge in [0, 0.05) is 5.92 Å². The number of hydrogen-bond acceptors (Lipinski definition) is 4. The van der Waals surface area contributed by atoms with Crippen LogP contribution in [0.3, 0.4) is 0 Å². The lowest BCUT2D eigenvalue weighted by Gasteiger charge is -2.35. The summed E-state index contributed by atoms with van der Waals surface area (Å²) in [5.41, 5.74) is 0. The Morgan fingerprint density at radius 1 is 1.17 bits per heavy atom. The maximum atomic E-state index is 9.22. The summed E-state index contributed by atoms with van der Waals surface area (Å²) in [4.78, 5) is 0. The Kier molecular flexibility index (Phi) is 3.17. The van der Waals surface area contributed by atoms with Gasteiger partial charge in [0.05, 0.1) is 0 Å². The Balaban J connectivity index is 4.81. The van der Waals surface area contributed by atoms with Gasteiger partial charge in [0.15, 0.2) is 0 Å². The smallest absolute Gasteiger partial charge is 0.239 e. The molecule has 1 atom stereocenters. The molecule has 1 unspecified atom stereocenters. The molecule has 0 aromatic rings. The van der Waals surface area contributed by atoms with Crippen LogP contribution >= 0.6 is 0 Å². The highest BCUT2D eigenvalue weighted by Gasteiger charge is 2.48. The molecule has 0 aliphatic carbocycles. The molecule has 0 spiro atoms. The molecule has 0 saturated carbocycles. The van der Waals surface area contributed by atoms with Crippen LogP contribution in [-0.4, -0.2) is 32.0 Å². The van der Waals surface area contributed by atoms with Crippen LogP contribution in [0.1, 0.15) is 6.92 Å². The quantitative estimate of drug-likeness (QED) is 0.337. The molecule has 4 N–H and O–H groups in total. The van der Waals surface area contributed by atoms with Gasteiger partial charge in [0.1, 0.15) is 0 Å². The third-order valence-corrected chi connectivity index (χ3v) is 1.81. The monoisotopic (exact) mass is 174 g/mol. The summed E-state index contributed by atoms with van der Waals surface area (Å²) in [6.07, 6.45) is 1.84. The minimum absolute atomic E-state index is 0.646. The van der Waals surface area contributed by atoms with Crippen molar-refractivity contribution in [3.8, 4) is 0 Å². The standard InChI is InChI=1S/C8H14O4/c1-4-6(3)8(11,12)7(9,10)5-2/h4-6,9-12H,1-2H2,3H3. The van der Waals surface area contributed by atoms with Crippen molar-refractivity contribution in [2.75, 3.05) is 0 Å². The van der Waals surface area contributed by atoms with Crippen LogP contribution in [0, 0.1) is 5.92 Å². The second kappa shape index (κ2) is 3.37. The SMILES string of the molecule is C=CC(C)C(O)(O)C(O)(O)C=C. The van der Waals surface area contributed by atoms with Gasteiger partial charge in [-0.1, -0.05) is 19.6 Å². The van der Waals surface area contributed by atoms with Crippen molar-refractivity contribution < 1.29 is 20.4 Å². The molecular weight excluding hydrogens is 160 g/mol. The van der Waals surface area contributed by atoms with Crippen molar-refractivity contribution in [1.29, 1.82) is 0 Å². The van der Waals surface area contributed by atoms with Crippen LogP contribution in [-0.2, 0) is 0 Å². The Bertz CT molecular complexity index is 183. The first-order valence-corrected chi connectivity index (χ1v) is 3.45. The molecule has 70 valence electrons. The molecule has 12 heavy (non-hydrogen) atoms. The summed E-state index contributed by atoms with van der Waals surface area (Å²) >= 11 is 0. The van der Waals surface area contributed by atoms with E-state index in [-0.39, 0.29) is 0 Å². The van der Waals surface area contributed by atoms with Gasteiger partial charge in [-0.15, -0.1) is 6.58 Å². The second-order valence-electron chi connectivity index (χ2n) is 2.68. The highest BCUT2D eigenvalue weighted by molar-refractivity contribution is 5.02. The average molecular weight is 174 g/mol. The Hall–Kier alpha value is -0.680. The molecule has 4 nitrogen and oxygen atoms in total. The fourth-order valence-electron chi connectivity index (χ4n) is 0.650. The molecule has 4 heteroatoms. The van der Waals surface area contributed by atoms with Gasteiger partial charge < -0.3 is 20.4 Å². The number of rotatable bonds is 4. The minimum atomic E-state index is -2.74. The van der Waals surface area contributed by atoms with Gasteiger partial charge in [-0.25, -0.2) is 0 Å². The predicted molar refractivity (Wildman–Crippen MR) is 43.9 cm³/mol. The summed E-state index contributed by atoms with van der Waals surface area (Å²) < 4.78 is 0. The zero-order chi connectivity index (χ0) is 9.99. The van der Waals surface area contributed by atoms with E-state index in [0.717, 1.165) is 0 Å². The summed E-state index contributed by atoms with van der Waals surface area (Å²) in [5.74, 6) is -6.29. The largest absolute Gasteiger partial charge is 0.361 e. The van der Waals surface area contributed by atoms with Crippen LogP contribution in [0.15, 0.2) is 25.3 Å². The first kappa shape index (κ1) is 11.3. The summed E-state index contributed by atoms with van der Waals surface area (Å²) in [5, 5.41) is 36.5. The molecule has 0 aliphatic rings. The van der Waals surface area contributed by atoms with Gasteiger partial charge in [-0.3, -0.25) is 0 Å². The van der Waals surface area contributed by atoms with Crippen molar-refractivity contribution in [2.24, 2.45) is 5.92 Å². The molecule has 0 radical (unpaired) electrons. The normalized spacial score (nSPS) is 15.4. The summed E-state index contributed by atoms with van der Waals surface area (Å²) in [6, 6.07) is 0. The lowest BCUT2D eigenvalue weighted by molar-refractivity contribution is -0.346. The average Bonchev–Trinajstić information content (AvgIpc) is 2.02. The third kappa shape index (κ3) is 1.73. The van der Waals surface area contributed by atoms with Gasteiger partial charge >= 0.3 is 0 Å². The summed E-state index contributed by atoms with van der Waals surface area (Å²) in [7, 11) is 0. The number of aliphatic hydroxyl groups is 4. The third-order valence-electron chi connectivity index (χ3n) is 1.81. The molecule has 0 aromatic heterocycles. The predicted octanol–water partition coefficient (Wildman–Crippen LogP) is -0.644. The molecule has 0 aliphatic heterocycles. The fraction of sp³-hybridized carbons (Fsp3) is 0.500. The van der Waals surface area contributed by atoms with E-state index in [0.29, 0.717) is 6.08 Å². The van der Waals surface area contributed by atoms with E-state index in [9.17, 15) is 10.2 Å². The lowest BCUT2D eigenvalue weighted by Crippen LogP contribution is -2.56. The van der Waals surface area contributed by atoms with Gasteiger partial charge in [0.25, 0.3) is 0 Å². The maximum Gasteiger partial charge on any atom is 0.239 e. The van der Waals surface area contributed by atoms with Crippen LogP contribution in [0.25, 0.3) is 0 Å². The molecular formula is C8H14O4. The molecule has 0 bridgehead atoms. The molecule has 0 fully saturated rings. The van der Waals surface area contributed by atoms with Crippen molar-refractivity contribution in [3.05, 3.63) is 25.3 Å². The van der Waals surface area contributed by atoms with Crippen LogP contribution in [0.2, 0.25) is 0 Å². The molecule has 0 aromatic carbocycles. The van der Waals surface area contributed by atoms with Crippen LogP contribution in [0.4, 0.5) is 0 Å².